The highest BCUT2D eigenvalue weighted by Crippen LogP contribution is 2.18. The minimum atomic E-state index is -1.22. The summed E-state index contributed by atoms with van der Waals surface area (Å²) in [4.78, 5) is 26.5. The zero-order valence-corrected chi connectivity index (χ0v) is 10.6. The van der Waals surface area contributed by atoms with Crippen LogP contribution in [0.3, 0.4) is 0 Å². The van der Waals surface area contributed by atoms with Crippen molar-refractivity contribution in [2.45, 2.75) is 6.92 Å². The maximum atomic E-state index is 13.4. The first-order chi connectivity index (χ1) is 9.49. The molecule has 6 heteroatoms. The van der Waals surface area contributed by atoms with Gasteiger partial charge in [0.1, 0.15) is 17.2 Å². The molecule has 1 aromatic heterocycles. The second kappa shape index (κ2) is 5.48. The van der Waals surface area contributed by atoms with E-state index in [1.54, 1.807) is 6.07 Å². The number of carboxylic acid groups (broad SMARTS) is 1. The molecule has 5 nitrogen and oxygen atoms in total. The van der Waals surface area contributed by atoms with E-state index in [0.29, 0.717) is 11.3 Å². The molecule has 0 unspecified atom stereocenters. The molecule has 0 aliphatic rings. The van der Waals surface area contributed by atoms with Crippen molar-refractivity contribution in [2.75, 3.05) is 5.32 Å². The normalized spacial score (nSPS) is 10.1. The number of benzene rings is 1. The van der Waals surface area contributed by atoms with E-state index in [2.05, 4.69) is 10.3 Å². The highest BCUT2D eigenvalue weighted by atomic mass is 19.1. The number of nitrogens with one attached hydrogen (secondary N) is 1. The Labute approximate surface area is 114 Å². The minimum Gasteiger partial charge on any atom is -0.477 e. The molecule has 0 saturated heterocycles. The van der Waals surface area contributed by atoms with Gasteiger partial charge in [-0.25, -0.2) is 14.2 Å². The van der Waals surface area contributed by atoms with Gasteiger partial charge in [0.05, 0.1) is 0 Å². The number of carbonyl (C=O) groups excluding carboxylic acids is 1. The summed E-state index contributed by atoms with van der Waals surface area (Å²) in [7, 11) is 0. The SMILES string of the molecule is Cc1c(F)cccc1NC(=O)c1cccc(C(=O)O)n1. The van der Waals surface area contributed by atoms with Gasteiger partial charge >= 0.3 is 5.97 Å². The van der Waals surface area contributed by atoms with Crippen LogP contribution in [0.1, 0.15) is 26.5 Å². The molecule has 0 bridgehead atoms. The standard InChI is InChI=1S/C14H11FN2O3/c1-8-9(15)4-2-5-10(8)17-13(18)11-6-3-7-12(16-11)14(19)20/h2-7H,1H3,(H,17,18)(H,19,20). The summed E-state index contributed by atoms with van der Waals surface area (Å²) < 4.78 is 13.4. The number of amides is 1. The fraction of sp³-hybridized carbons (Fsp3) is 0.0714. The van der Waals surface area contributed by atoms with Crippen molar-refractivity contribution < 1.29 is 19.1 Å². The number of halogens is 1. The minimum absolute atomic E-state index is 0.0476. The molecular weight excluding hydrogens is 263 g/mol. The fourth-order valence-electron chi connectivity index (χ4n) is 1.61. The lowest BCUT2D eigenvalue weighted by Gasteiger charge is -2.08. The molecule has 2 N–H and O–H groups in total. The first-order valence-electron chi connectivity index (χ1n) is 5.76. The van der Waals surface area contributed by atoms with Crippen molar-refractivity contribution in [1.82, 2.24) is 4.98 Å². The lowest BCUT2D eigenvalue weighted by Crippen LogP contribution is -2.16. The topological polar surface area (TPSA) is 79.3 Å². The lowest BCUT2D eigenvalue weighted by molar-refractivity contribution is 0.0690. The molecule has 0 aliphatic heterocycles. The maximum absolute atomic E-state index is 13.4. The van der Waals surface area contributed by atoms with Gasteiger partial charge in [0.2, 0.25) is 0 Å². The maximum Gasteiger partial charge on any atom is 0.354 e. The average molecular weight is 274 g/mol. The third-order valence-electron chi connectivity index (χ3n) is 2.72. The van der Waals surface area contributed by atoms with Crippen molar-refractivity contribution in [3.8, 4) is 0 Å². The first-order valence-corrected chi connectivity index (χ1v) is 5.76. The van der Waals surface area contributed by atoms with E-state index in [1.807, 2.05) is 0 Å². The number of hydrogen-bond acceptors (Lipinski definition) is 3. The van der Waals surface area contributed by atoms with E-state index in [1.165, 1.54) is 37.3 Å². The van der Waals surface area contributed by atoms with Gasteiger partial charge < -0.3 is 10.4 Å². The Morgan fingerprint density at radius 1 is 1.15 bits per heavy atom. The van der Waals surface area contributed by atoms with Crippen molar-refractivity contribution in [1.29, 1.82) is 0 Å². The van der Waals surface area contributed by atoms with Crippen LogP contribution in [-0.2, 0) is 0 Å². The van der Waals surface area contributed by atoms with Crippen LogP contribution in [0.15, 0.2) is 36.4 Å². The van der Waals surface area contributed by atoms with E-state index in [4.69, 9.17) is 5.11 Å². The second-order valence-electron chi connectivity index (χ2n) is 4.08. The number of anilines is 1. The number of rotatable bonds is 3. The van der Waals surface area contributed by atoms with E-state index in [-0.39, 0.29) is 11.4 Å². The molecule has 102 valence electrons. The molecule has 2 aromatic rings. The van der Waals surface area contributed by atoms with Crippen LogP contribution in [0.2, 0.25) is 0 Å². The third-order valence-corrected chi connectivity index (χ3v) is 2.72. The summed E-state index contributed by atoms with van der Waals surface area (Å²) in [6.45, 7) is 1.53. The molecule has 0 spiro atoms. The Hall–Kier alpha value is -2.76. The third kappa shape index (κ3) is 2.80. The highest BCUT2D eigenvalue weighted by Gasteiger charge is 2.13. The summed E-state index contributed by atoms with van der Waals surface area (Å²) in [5.74, 6) is -2.25. The van der Waals surface area contributed by atoms with Gasteiger partial charge in [-0.05, 0) is 31.2 Å². The molecule has 0 fully saturated rings. The van der Waals surface area contributed by atoms with E-state index in [9.17, 15) is 14.0 Å². The predicted octanol–water partition coefficient (Wildman–Crippen LogP) is 2.48. The Balaban J connectivity index is 2.26. The number of hydrogen-bond donors (Lipinski definition) is 2. The fourth-order valence-corrected chi connectivity index (χ4v) is 1.61. The summed E-state index contributed by atoms with van der Waals surface area (Å²) in [6.07, 6.45) is 0. The van der Waals surface area contributed by atoms with Gasteiger partial charge in [0.25, 0.3) is 5.91 Å². The van der Waals surface area contributed by atoms with Crippen molar-refractivity contribution in [3.05, 3.63) is 59.2 Å². The summed E-state index contributed by atoms with van der Waals surface area (Å²) in [5.41, 5.74) is 0.343. The molecule has 1 aromatic carbocycles. The monoisotopic (exact) mass is 274 g/mol. The zero-order chi connectivity index (χ0) is 14.7. The Bertz CT molecular complexity index is 686. The number of nitrogens with zero attached hydrogens (tertiary/aromatic N) is 1. The van der Waals surface area contributed by atoms with Crippen LogP contribution in [-0.4, -0.2) is 22.0 Å². The van der Waals surface area contributed by atoms with Gasteiger partial charge in [0, 0.05) is 11.3 Å². The van der Waals surface area contributed by atoms with Crippen LogP contribution >= 0.6 is 0 Å². The van der Waals surface area contributed by atoms with Gasteiger partial charge in [-0.2, -0.15) is 0 Å². The molecule has 0 aliphatic carbocycles. The smallest absolute Gasteiger partial charge is 0.354 e. The number of aromatic carboxylic acids is 1. The number of carboxylic acids is 1. The van der Waals surface area contributed by atoms with Gasteiger partial charge in [0.15, 0.2) is 0 Å². The van der Waals surface area contributed by atoms with Gasteiger partial charge in [-0.3, -0.25) is 4.79 Å². The predicted molar refractivity (Wildman–Crippen MR) is 70.3 cm³/mol. The van der Waals surface area contributed by atoms with E-state index < -0.39 is 17.7 Å². The van der Waals surface area contributed by atoms with Crippen LogP contribution < -0.4 is 5.32 Å². The summed E-state index contributed by atoms with van der Waals surface area (Å²) in [6, 6.07) is 8.40. The molecule has 1 heterocycles. The van der Waals surface area contributed by atoms with Crippen LogP contribution in [0.4, 0.5) is 10.1 Å². The first kappa shape index (κ1) is 13.7. The molecular formula is C14H11FN2O3. The van der Waals surface area contributed by atoms with Gasteiger partial charge in [-0.1, -0.05) is 12.1 Å². The quantitative estimate of drug-likeness (QED) is 0.901. The van der Waals surface area contributed by atoms with Gasteiger partial charge in [-0.15, -0.1) is 0 Å². The molecule has 2 rings (SSSR count). The van der Waals surface area contributed by atoms with E-state index in [0.717, 1.165) is 0 Å². The molecule has 1 amide bonds. The highest BCUT2D eigenvalue weighted by molar-refractivity contribution is 6.03. The number of pyridine rings is 1. The lowest BCUT2D eigenvalue weighted by atomic mass is 10.2. The number of carbonyl (C=O) groups is 2. The van der Waals surface area contributed by atoms with Crippen molar-refractivity contribution >= 4 is 17.6 Å². The molecule has 0 saturated carbocycles. The summed E-state index contributed by atoms with van der Waals surface area (Å²) >= 11 is 0. The van der Waals surface area contributed by atoms with Crippen LogP contribution in [0.25, 0.3) is 0 Å². The zero-order valence-electron chi connectivity index (χ0n) is 10.6. The molecule has 0 radical (unpaired) electrons. The number of aromatic nitrogens is 1. The van der Waals surface area contributed by atoms with Crippen molar-refractivity contribution in [3.63, 3.8) is 0 Å². The Kier molecular flexibility index (Phi) is 3.74. The molecule has 20 heavy (non-hydrogen) atoms. The average Bonchev–Trinajstić information content (AvgIpc) is 2.44. The van der Waals surface area contributed by atoms with E-state index >= 15 is 0 Å². The van der Waals surface area contributed by atoms with Crippen molar-refractivity contribution in [2.24, 2.45) is 0 Å². The Morgan fingerprint density at radius 3 is 2.50 bits per heavy atom. The molecule has 0 atom stereocenters. The van der Waals surface area contributed by atoms with Crippen LogP contribution in [0.5, 0.6) is 0 Å². The van der Waals surface area contributed by atoms with Crippen LogP contribution in [0, 0.1) is 12.7 Å². The second-order valence-corrected chi connectivity index (χ2v) is 4.08. The summed E-state index contributed by atoms with van der Waals surface area (Å²) in [5, 5.41) is 11.3. The largest absolute Gasteiger partial charge is 0.477 e. The Morgan fingerprint density at radius 2 is 1.80 bits per heavy atom.